The molecule has 56 valence electrons. The molecule has 2 heteroatoms. The van der Waals surface area contributed by atoms with Crippen LogP contribution >= 0.6 is 7.92 Å². The van der Waals surface area contributed by atoms with Crippen LogP contribution in [-0.2, 0) is 0 Å². The quantitative estimate of drug-likeness (QED) is 0.535. The fraction of sp³-hybridized carbons (Fsp3) is 1.00. The summed E-state index contributed by atoms with van der Waals surface area (Å²) in [7, 11) is 0.388. The van der Waals surface area contributed by atoms with E-state index in [-0.39, 0.29) is 0 Å². The van der Waals surface area contributed by atoms with Crippen molar-refractivity contribution < 1.29 is 0 Å². The second-order valence-electron chi connectivity index (χ2n) is 4.11. The molecule has 0 heterocycles. The average Bonchev–Trinajstić information content (AvgIpc) is 1.59. The third kappa shape index (κ3) is 9.23. The van der Waals surface area contributed by atoms with Crippen LogP contribution in [0.25, 0.3) is 0 Å². The minimum atomic E-state index is -1.34. The van der Waals surface area contributed by atoms with Gasteiger partial charge in [-0.2, -0.15) is 0 Å². The third-order valence-corrected chi connectivity index (χ3v) is 8.62. The van der Waals surface area contributed by atoms with Gasteiger partial charge in [0.1, 0.15) is 0 Å². The average molecular weight is 253 g/mol. The molecule has 0 aliphatic heterocycles. The van der Waals surface area contributed by atoms with Gasteiger partial charge in [0.2, 0.25) is 0 Å². The Morgan fingerprint density at radius 1 is 1.11 bits per heavy atom. The van der Waals surface area contributed by atoms with Crippen molar-refractivity contribution >= 4 is 26.3 Å². The standard InChI is InChI=1S/C4H10P.3CH3.Sn/c1-4-5(2)3;;;;/h1,4H2,2-3H3;3*1H3;. The van der Waals surface area contributed by atoms with Gasteiger partial charge < -0.3 is 0 Å². The van der Waals surface area contributed by atoms with Crippen molar-refractivity contribution in [3.63, 3.8) is 0 Å². The van der Waals surface area contributed by atoms with Gasteiger partial charge in [-0.05, 0) is 0 Å². The van der Waals surface area contributed by atoms with Crippen LogP contribution in [0.3, 0.4) is 0 Å². The molecule has 0 aromatic carbocycles. The molecule has 9 heavy (non-hydrogen) atoms. The first-order valence-electron chi connectivity index (χ1n) is 3.56. The summed E-state index contributed by atoms with van der Waals surface area (Å²) in [5.74, 6) is 0. The van der Waals surface area contributed by atoms with E-state index in [9.17, 15) is 0 Å². The molecule has 0 atom stereocenters. The van der Waals surface area contributed by atoms with Crippen molar-refractivity contribution in [3.8, 4) is 0 Å². The maximum atomic E-state index is 2.52. The predicted octanol–water partition coefficient (Wildman–Crippen LogP) is 3.07. The van der Waals surface area contributed by atoms with E-state index in [1.807, 2.05) is 0 Å². The summed E-state index contributed by atoms with van der Waals surface area (Å²) in [5, 5.41) is 0. The van der Waals surface area contributed by atoms with Crippen LogP contribution in [0.15, 0.2) is 0 Å². The van der Waals surface area contributed by atoms with Gasteiger partial charge in [0.25, 0.3) is 0 Å². The van der Waals surface area contributed by atoms with Crippen LogP contribution in [0.1, 0.15) is 0 Å². The Morgan fingerprint density at radius 2 is 1.56 bits per heavy atom. The van der Waals surface area contributed by atoms with E-state index >= 15 is 0 Å². The molecule has 0 spiro atoms. The van der Waals surface area contributed by atoms with E-state index in [1.165, 1.54) is 6.16 Å². The van der Waals surface area contributed by atoms with Crippen LogP contribution in [0.2, 0.25) is 19.3 Å². The summed E-state index contributed by atoms with van der Waals surface area (Å²) >= 11 is -1.34. The van der Waals surface area contributed by atoms with E-state index < -0.39 is 18.4 Å². The van der Waals surface area contributed by atoms with Gasteiger partial charge in [-0.25, -0.2) is 0 Å². The Bertz CT molecular complexity index is 73.5. The van der Waals surface area contributed by atoms with Gasteiger partial charge in [0, 0.05) is 0 Å². The molecule has 0 N–H and O–H groups in total. The van der Waals surface area contributed by atoms with Gasteiger partial charge >= 0.3 is 65.0 Å². The zero-order valence-corrected chi connectivity index (χ0v) is 11.1. The first-order chi connectivity index (χ1) is 3.92. The van der Waals surface area contributed by atoms with Crippen molar-refractivity contribution in [1.29, 1.82) is 0 Å². The molecule has 0 fully saturated rings. The summed E-state index contributed by atoms with van der Waals surface area (Å²) < 4.78 is 1.59. The molecule has 0 rings (SSSR count). The zero-order valence-electron chi connectivity index (χ0n) is 7.36. The van der Waals surface area contributed by atoms with Crippen LogP contribution in [-0.4, -0.2) is 37.9 Å². The van der Waals surface area contributed by atoms with E-state index in [0.29, 0.717) is 7.92 Å². The zero-order chi connectivity index (χ0) is 7.49. The second kappa shape index (κ2) is 4.18. The first-order valence-corrected chi connectivity index (χ1v) is 16.6. The monoisotopic (exact) mass is 254 g/mol. The fourth-order valence-electron chi connectivity index (χ4n) is 0.559. The minimum absolute atomic E-state index is 0.388. The summed E-state index contributed by atoms with van der Waals surface area (Å²) in [6, 6.07) is 0. The predicted molar refractivity (Wildman–Crippen MR) is 51.8 cm³/mol. The molecule has 0 amide bonds. The second-order valence-corrected chi connectivity index (χ2v) is 22.8. The Kier molecular flexibility index (Phi) is 4.75. The van der Waals surface area contributed by atoms with Gasteiger partial charge in [0.05, 0.1) is 0 Å². The normalized spacial score (nSPS) is 12.7. The summed E-state index contributed by atoms with van der Waals surface area (Å²) in [6.45, 7) is 4.76. The fourth-order valence-corrected chi connectivity index (χ4v) is 11.2. The first kappa shape index (κ1) is 10.2. The molecular weight excluding hydrogens is 234 g/mol. The van der Waals surface area contributed by atoms with Gasteiger partial charge in [-0.1, -0.05) is 0 Å². The molecule has 0 unspecified atom stereocenters. The number of rotatable bonds is 3. The molecule has 0 aliphatic rings. The molecule has 0 nitrogen and oxygen atoms in total. The molecular formula is C7H19PSn. The third-order valence-electron chi connectivity index (χ3n) is 1.31. The van der Waals surface area contributed by atoms with Crippen molar-refractivity contribution in [2.24, 2.45) is 0 Å². The van der Waals surface area contributed by atoms with Crippen molar-refractivity contribution in [2.45, 2.75) is 19.3 Å². The SMILES string of the molecule is CP(C)C[CH2][Sn]([CH3])([CH3])[CH3]. The van der Waals surface area contributed by atoms with E-state index in [2.05, 4.69) is 28.1 Å². The Balaban J connectivity index is 3.28. The Hall–Kier alpha value is 1.23. The molecule has 0 radical (unpaired) electrons. The van der Waals surface area contributed by atoms with Crippen LogP contribution in [0.5, 0.6) is 0 Å². The Labute approximate surface area is 65.0 Å². The van der Waals surface area contributed by atoms with E-state index in [4.69, 9.17) is 0 Å². The van der Waals surface area contributed by atoms with Crippen molar-refractivity contribution in [2.75, 3.05) is 19.5 Å². The van der Waals surface area contributed by atoms with E-state index in [0.717, 1.165) is 0 Å². The number of hydrogen-bond donors (Lipinski definition) is 0. The van der Waals surface area contributed by atoms with Gasteiger partial charge in [-0.15, -0.1) is 0 Å². The van der Waals surface area contributed by atoms with E-state index in [1.54, 1.807) is 4.44 Å². The maximum absolute atomic E-state index is 2.52. The van der Waals surface area contributed by atoms with Crippen LogP contribution in [0, 0.1) is 0 Å². The van der Waals surface area contributed by atoms with Crippen LogP contribution < -0.4 is 0 Å². The summed E-state index contributed by atoms with van der Waals surface area (Å²) in [6.07, 6.45) is 1.52. The number of hydrogen-bond acceptors (Lipinski definition) is 0. The molecule has 0 saturated heterocycles. The summed E-state index contributed by atoms with van der Waals surface area (Å²) in [5.41, 5.74) is 0. The topological polar surface area (TPSA) is 0 Å². The van der Waals surface area contributed by atoms with Crippen molar-refractivity contribution in [3.05, 3.63) is 0 Å². The summed E-state index contributed by atoms with van der Waals surface area (Å²) in [4.78, 5) is 7.56. The molecule has 0 bridgehead atoms. The van der Waals surface area contributed by atoms with Gasteiger partial charge in [-0.3, -0.25) is 0 Å². The molecule has 0 aromatic heterocycles. The van der Waals surface area contributed by atoms with Crippen molar-refractivity contribution in [1.82, 2.24) is 0 Å². The molecule has 0 aromatic rings. The van der Waals surface area contributed by atoms with Gasteiger partial charge in [0.15, 0.2) is 0 Å². The molecule has 0 aliphatic carbocycles. The van der Waals surface area contributed by atoms with Crippen LogP contribution in [0.4, 0.5) is 0 Å². The molecule has 0 saturated carbocycles. The Morgan fingerprint density at radius 3 is 1.67 bits per heavy atom.